The zero-order chi connectivity index (χ0) is 11.2. The molecule has 0 rings (SSSR count). The van der Waals surface area contributed by atoms with Crippen molar-refractivity contribution in [1.82, 2.24) is 0 Å². The third kappa shape index (κ3) is 4.86. The first-order valence-electron chi connectivity index (χ1n) is 4.98. The van der Waals surface area contributed by atoms with Crippen LogP contribution in [-0.4, -0.2) is 33.3 Å². The van der Waals surface area contributed by atoms with Crippen LogP contribution < -0.4 is 0 Å². The zero-order valence-corrected chi connectivity index (χ0v) is 9.93. The number of aliphatic hydroxyl groups is 1. The SMILES string of the molecule is CCC(O)(CC)CSCC(C)C(=O)O. The summed E-state index contributed by atoms with van der Waals surface area (Å²) < 4.78 is 0. The van der Waals surface area contributed by atoms with E-state index < -0.39 is 11.6 Å². The Balaban J connectivity index is 3.77. The summed E-state index contributed by atoms with van der Waals surface area (Å²) in [6, 6.07) is 0. The van der Waals surface area contributed by atoms with Gasteiger partial charge in [0.25, 0.3) is 0 Å². The van der Waals surface area contributed by atoms with Crippen LogP contribution in [0.25, 0.3) is 0 Å². The Bertz CT molecular complexity index is 178. The van der Waals surface area contributed by atoms with Crippen molar-refractivity contribution in [1.29, 1.82) is 0 Å². The average molecular weight is 220 g/mol. The number of carbonyl (C=O) groups is 1. The fourth-order valence-electron chi connectivity index (χ4n) is 0.951. The summed E-state index contributed by atoms with van der Waals surface area (Å²) in [5, 5.41) is 18.6. The normalized spacial score (nSPS) is 14.0. The van der Waals surface area contributed by atoms with Crippen LogP contribution in [0.4, 0.5) is 0 Å². The maximum atomic E-state index is 10.5. The highest BCUT2D eigenvalue weighted by Gasteiger charge is 2.22. The predicted molar refractivity (Wildman–Crippen MR) is 59.7 cm³/mol. The van der Waals surface area contributed by atoms with Gasteiger partial charge in [-0.3, -0.25) is 4.79 Å². The second-order valence-corrected chi connectivity index (χ2v) is 4.72. The molecule has 0 saturated carbocycles. The van der Waals surface area contributed by atoms with Crippen molar-refractivity contribution < 1.29 is 15.0 Å². The van der Waals surface area contributed by atoms with E-state index in [1.807, 2.05) is 13.8 Å². The molecule has 0 heterocycles. The molecular weight excluding hydrogens is 200 g/mol. The van der Waals surface area contributed by atoms with Gasteiger partial charge in [0.05, 0.1) is 11.5 Å². The molecule has 3 nitrogen and oxygen atoms in total. The van der Waals surface area contributed by atoms with Gasteiger partial charge in [-0.05, 0) is 12.8 Å². The molecule has 0 aliphatic carbocycles. The summed E-state index contributed by atoms with van der Waals surface area (Å²) in [4.78, 5) is 10.5. The van der Waals surface area contributed by atoms with Gasteiger partial charge in [-0.1, -0.05) is 20.8 Å². The summed E-state index contributed by atoms with van der Waals surface area (Å²) in [7, 11) is 0. The fraction of sp³-hybridized carbons (Fsp3) is 0.900. The van der Waals surface area contributed by atoms with Crippen LogP contribution in [0.1, 0.15) is 33.6 Å². The first kappa shape index (κ1) is 13.8. The Labute approximate surface area is 89.9 Å². The molecule has 0 bridgehead atoms. The minimum absolute atomic E-state index is 0.335. The largest absolute Gasteiger partial charge is 0.481 e. The third-order valence-electron chi connectivity index (χ3n) is 2.48. The standard InChI is InChI=1S/C10H20O3S/c1-4-10(13,5-2)7-14-6-8(3)9(11)12/h8,13H,4-7H2,1-3H3,(H,11,12). The second-order valence-electron chi connectivity index (χ2n) is 3.69. The van der Waals surface area contributed by atoms with E-state index in [1.165, 1.54) is 11.8 Å². The van der Waals surface area contributed by atoms with Crippen LogP contribution in [0, 0.1) is 5.92 Å². The van der Waals surface area contributed by atoms with E-state index >= 15 is 0 Å². The summed E-state index contributed by atoms with van der Waals surface area (Å²) in [5.41, 5.74) is -0.622. The van der Waals surface area contributed by atoms with Crippen LogP contribution in [0.15, 0.2) is 0 Å². The van der Waals surface area contributed by atoms with Crippen LogP contribution >= 0.6 is 11.8 Å². The van der Waals surface area contributed by atoms with Crippen molar-refractivity contribution in [2.24, 2.45) is 5.92 Å². The van der Waals surface area contributed by atoms with E-state index in [0.29, 0.717) is 11.5 Å². The molecule has 4 heteroatoms. The number of rotatable bonds is 7. The Morgan fingerprint density at radius 1 is 1.43 bits per heavy atom. The molecule has 1 unspecified atom stereocenters. The highest BCUT2D eigenvalue weighted by Crippen LogP contribution is 2.22. The molecule has 0 amide bonds. The second kappa shape index (κ2) is 6.30. The first-order valence-corrected chi connectivity index (χ1v) is 6.13. The minimum atomic E-state index is -0.769. The highest BCUT2D eigenvalue weighted by atomic mass is 32.2. The molecule has 0 aliphatic heterocycles. The van der Waals surface area contributed by atoms with Gasteiger partial charge in [-0.15, -0.1) is 0 Å². The molecule has 0 fully saturated rings. The Hall–Kier alpha value is -0.220. The number of hydrogen-bond acceptors (Lipinski definition) is 3. The molecule has 0 aromatic rings. The smallest absolute Gasteiger partial charge is 0.307 e. The van der Waals surface area contributed by atoms with E-state index in [0.717, 1.165) is 12.8 Å². The van der Waals surface area contributed by atoms with E-state index in [2.05, 4.69) is 0 Å². The fourth-order valence-corrected chi connectivity index (χ4v) is 2.35. The Kier molecular flexibility index (Phi) is 6.20. The molecule has 0 saturated heterocycles. The van der Waals surface area contributed by atoms with Crippen molar-refractivity contribution in [3.8, 4) is 0 Å². The van der Waals surface area contributed by atoms with Crippen LogP contribution in [0.2, 0.25) is 0 Å². The van der Waals surface area contributed by atoms with Gasteiger partial charge in [0.1, 0.15) is 0 Å². The summed E-state index contributed by atoms with van der Waals surface area (Å²) >= 11 is 1.51. The van der Waals surface area contributed by atoms with Crippen LogP contribution in [0.3, 0.4) is 0 Å². The van der Waals surface area contributed by atoms with Crippen molar-refractivity contribution in [3.05, 3.63) is 0 Å². The number of carboxylic acid groups (broad SMARTS) is 1. The van der Waals surface area contributed by atoms with Gasteiger partial charge in [0.15, 0.2) is 0 Å². The predicted octanol–water partition coefficient (Wildman–Crippen LogP) is 1.99. The van der Waals surface area contributed by atoms with Gasteiger partial charge >= 0.3 is 5.97 Å². The zero-order valence-electron chi connectivity index (χ0n) is 9.12. The number of aliphatic carboxylic acids is 1. The van der Waals surface area contributed by atoms with Gasteiger partial charge in [-0.2, -0.15) is 11.8 Å². The molecule has 0 aliphatic rings. The third-order valence-corrected chi connectivity index (χ3v) is 3.95. The molecular formula is C10H20O3S. The Morgan fingerprint density at radius 3 is 2.29 bits per heavy atom. The molecule has 84 valence electrons. The summed E-state index contributed by atoms with van der Waals surface area (Å²) in [6.45, 7) is 5.58. The van der Waals surface area contributed by atoms with Crippen molar-refractivity contribution in [2.45, 2.75) is 39.2 Å². The lowest BCUT2D eigenvalue weighted by molar-refractivity contribution is -0.140. The van der Waals surface area contributed by atoms with Gasteiger partial charge in [0, 0.05) is 11.5 Å². The van der Waals surface area contributed by atoms with E-state index in [4.69, 9.17) is 5.11 Å². The lowest BCUT2D eigenvalue weighted by Crippen LogP contribution is -2.30. The van der Waals surface area contributed by atoms with Gasteiger partial charge < -0.3 is 10.2 Å². The molecule has 0 aromatic heterocycles. The minimum Gasteiger partial charge on any atom is -0.481 e. The molecule has 0 radical (unpaired) electrons. The molecule has 1 atom stereocenters. The number of thioether (sulfide) groups is 1. The highest BCUT2D eigenvalue weighted by molar-refractivity contribution is 7.99. The van der Waals surface area contributed by atoms with Crippen molar-refractivity contribution in [3.63, 3.8) is 0 Å². The maximum Gasteiger partial charge on any atom is 0.307 e. The van der Waals surface area contributed by atoms with E-state index in [-0.39, 0.29) is 5.92 Å². The van der Waals surface area contributed by atoms with E-state index in [9.17, 15) is 9.90 Å². The topological polar surface area (TPSA) is 57.5 Å². The molecule has 0 spiro atoms. The van der Waals surface area contributed by atoms with E-state index in [1.54, 1.807) is 6.92 Å². The van der Waals surface area contributed by atoms with Crippen LogP contribution in [0.5, 0.6) is 0 Å². The number of carboxylic acids is 1. The quantitative estimate of drug-likeness (QED) is 0.689. The first-order chi connectivity index (χ1) is 6.45. The molecule has 2 N–H and O–H groups in total. The molecule has 0 aromatic carbocycles. The lowest BCUT2D eigenvalue weighted by Gasteiger charge is -2.24. The average Bonchev–Trinajstić information content (AvgIpc) is 2.17. The van der Waals surface area contributed by atoms with Gasteiger partial charge in [-0.25, -0.2) is 0 Å². The number of hydrogen-bond donors (Lipinski definition) is 2. The van der Waals surface area contributed by atoms with Crippen LogP contribution in [-0.2, 0) is 4.79 Å². The lowest BCUT2D eigenvalue weighted by atomic mass is 10.0. The van der Waals surface area contributed by atoms with Crippen molar-refractivity contribution >= 4 is 17.7 Å². The van der Waals surface area contributed by atoms with Gasteiger partial charge in [0.2, 0.25) is 0 Å². The van der Waals surface area contributed by atoms with Crippen molar-refractivity contribution in [2.75, 3.05) is 11.5 Å². The summed E-state index contributed by atoms with van der Waals surface area (Å²) in [5.74, 6) is 0.0851. The summed E-state index contributed by atoms with van der Waals surface area (Å²) in [6.07, 6.45) is 1.44. The monoisotopic (exact) mass is 220 g/mol. The maximum absolute atomic E-state index is 10.5. The Morgan fingerprint density at radius 2 is 1.93 bits per heavy atom. The molecule has 14 heavy (non-hydrogen) atoms.